The van der Waals surface area contributed by atoms with Gasteiger partial charge >= 0.3 is 0 Å². The number of hydrogen-bond acceptors (Lipinski definition) is 6. The van der Waals surface area contributed by atoms with E-state index in [1.165, 1.54) is 23.1 Å². The fourth-order valence-corrected chi connectivity index (χ4v) is 3.36. The van der Waals surface area contributed by atoms with Crippen molar-refractivity contribution < 1.29 is 14.3 Å². The lowest BCUT2D eigenvalue weighted by molar-refractivity contribution is -0.115. The minimum Gasteiger partial charge on any atom is -0.494 e. The number of aromatic nitrogens is 1. The highest BCUT2D eigenvalue weighted by molar-refractivity contribution is 7.99. The zero-order valence-electron chi connectivity index (χ0n) is 14.0. The van der Waals surface area contributed by atoms with E-state index in [0.717, 1.165) is 24.3 Å². The van der Waals surface area contributed by atoms with E-state index in [2.05, 4.69) is 17.2 Å². The number of thioether (sulfide) groups is 1. The number of anilines is 1. The van der Waals surface area contributed by atoms with Gasteiger partial charge in [-0.15, -0.1) is 23.1 Å². The van der Waals surface area contributed by atoms with Gasteiger partial charge in [-0.05, 0) is 30.7 Å². The van der Waals surface area contributed by atoms with E-state index in [4.69, 9.17) is 10.5 Å². The molecule has 0 radical (unpaired) electrons. The van der Waals surface area contributed by atoms with E-state index < -0.39 is 0 Å². The van der Waals surface area contributed by atoms with Gasteiger partial charge in [0.25, 0.3) is 5.91 Å². The van der Waals surface area contributed by atoms with Crippen LogP contribution in [0.1, 0.15) is 35.8 Å². The molecule has 134 valence electrons. The van der Waals surface area contributed by atoms with Crippen molar-refractivity contribution in [1.29, 1.82) is 0 Å². The highest BCUT2D eigenvalue weighted by Gasteiger charge is 2.10. The Bertz CT molecular complexity index is 701. The number of benzene rings is 1. The maximum Gasteiger partial charge on any atom is 0.257 e. The summed E-state index contributed by atoms with van der Waals surface area (Å²) in [6.07, 6.45) is 2.09. The quantitative estimate of drug-likeness (QED) is 0.618. The minimum absolute atomic E-state index is 0.217. The Balaban J connectivity index is 1.85. The zero-order valence-corrected chi connectivity index (χ0v) is 15.6. The lowest BCUT2D eigenvalue weighted by Gasteiger charge is -2.06. The van der Waals surface area contributed by atoms with Crippen LogP contribution in [0, 0.1) is 0 Å². The summed E-state index contributed by atoms with van der Waals surface area (Å²) < 4.78 is 5.58. The fourth-order valence-electron chi connectivity index (χ4n) is 1.89. The number of carbonyl (C=O) groups is 2. The van der Waals surface area contributed by atoms with Crippen LogP contribution in [0.25, 0.3) is 0 Å². The molecule has 0 saturated carbocycles. The van der Waals surface area contributed by atoms with Gasteiger partial charge in [-0.25, -0.2) is 4.98 Å². The van der Waals surface area contributed by atoms with Gasteiger partial charge in [0.2, 0.25) is 5.91 Å². The van der Waals surface area contributed by atoms with E-state index >= 15 is 0 Å². The average Bonchev–Trinajstić information content (AvgIpc) is 3.02. The highest BCUT2D eigenvalue weighted by atomic mass is 32.2. The molecule has 0 bridgehead atoms. The van der Waals surface area contributed by atoms with Crippen LogP contribution in [0.15, 0.2) is 29.6 Å². The number of unbranched alkanes of at least 4 members (excludes halogenated alkanes) is 1. The molecule has 0 aliphatic rings. The summed E-state index contributed by atoms with van der Waals surface area (Å²) in [6.45, 7) is 2.79. The molecule has 1 aromatic heterocycles. The molecule has 0 aliphatic heterocycles. The van der Waals surface area contributed by atoms with Crippen LogP contribution < -0.4 is 15.8 Å². The van der Waals surface area contributed by atoms with Crippen molar-refractivity contribution in [3.8, 4) is 5.75 Å². The number of carbonyl (C=O) groups excluding carboxylic acids is 2. The number of rotatable bonds is 10. The van der Waals surface area contributed by atoms with Gasteiger partial charge in [-0.1, -0.05) is 13.3 Å². The Labute approximate surface area is 155 Å². The summed E-state index contributed by atoms with van der Waals surface area (Å²) in [5, 5.41) is 5.16. The molecule has 0 atom stereocenters. The lowest BCUT2D eigenvalue weighted by Crippen LogP contribution is -2.13. The van der Waals surface area contributed by atoms with E-state index in [0.29, 0.717) is 23.1 Å². The predicted octanol–water partition coefficient (Wildman–Crippen LogP) is 3.29. The first kappa shape index (κ1) is 19.3. The molecule has 0 unspecified atom stereocenters. The fraction of sp³-hybridized carbons (Fsp3) is 0.353. The molecule has 1 aromatic carbocycles. The summed E-state index contributed by atoms with van der Waals surface area (Å²) in [4.78, 5) is 27.3. The molecule has 0 spiro atoms. The first-order valence-electron chi connectivity index (χ1n) is 7.93. The summed E-state index contributed by atoms with van der Waals surface area (Å²) in [7, 11) is 0. The standard InChI is InChI=1S/C17H21N3O3S2/c1-2-3-8-23-14-6-4-12(5-7-14)16(22)20-17-19-13(10-25-17)9-24-11-15(18)21/h4-7,10H,2-3,8-9,11H2,1H3,(H2,18,21)(H,19,20,22). The second kappa shape index (κ2) is 10.0. The molecule has 0 saturated heterocycles. The maximum absolute atomic E-state index is 12.2. The zero-order chi connectivity index (χ0) is 18.1. The molecule has 6 nitrogen and oxygen atoms in total. The first-order valence-corrected chi connectivity index (χ1v) is 9.96. The van der Waals surface area contributed by atoms with Gasteiger partial charge in [0, 0.05) is 16.7 Å². The number of nitrogens with zero attached hydrogens (tertiary/aromatic N) is 1. The van der Waals surface area contributed by atoms with E-state index in [9.17, 15) is 9.59 Å². The van der Waals surface area contributed by atoms with Crippen molar-refractivity contribution in [3.63, 3.8) is 0 Å². The summed E-state index contributed by atoms with van der Waals surface area (Å²) >= 11 is 2.75. The Kier molecular flexibility index (Phi) is 7.75. The van der Waals surface area contributed by atoms with Crippen LogP contribution in [0.2, 0.25) is 0 Å². The molecular formula is C17H21N3O3S2. The molecule has 2 rings (SSSR count). The minimum atomic E-state index is -0.351. The third-order valence-corrected chi connectivity index (χ3v) is 4.94. The van der Waals surface area contributed by atoms with Crippen LogP contribution in [0.3, 0.4) is 0 Å². The smallest absolute Gasteiger partial charge is 0.257 e. The van der Waals surface area contributed by atoms with E-state index in [-0.39, 0.29) is 17.6 Å². The topological polar surface area (TPSA) is 94.3 Å². The summed E-state index contributed by atoms with van der Waals surface area (Å²) in [5.41, 5.74) is 6.45. The Morgan fingerprint density at radius 1 is 1.32 bits per heavy atom. The van der Waals surface area contributed by atoms with Gasteiger partial charge < -0.3 is 10.5 Å². The van der Waals surface area contributed by atoms with Crippen molar-refractivity contribution in [3.05, 3.63) is 40.9 Å². The van der Waals surface area contributed by atoms with E-state index in [1.807, 2.05) is 5.38 Å². The molecule has 25 heavy (non-hydrogen) atoms. The van der Waals surface area contributed by atoms with Crippen molar-refractivity contribution in [2.45, 2.75) is 25.5 Å². The Hall–Kier alpha value is -2.06. The number of ether oxygens (including phenoxy) is 1. The van der Waals surface area contributed by atoms with Crippen molar-refractivity contribution in [1.82, 2.24) is 4.98 Å². The Morgan fingerprint density at radius 2 is 2.08 bits per heavy atom. The van der Waals surface area contributed by atoms with Crippen LogP contribution in [-0.4, -0.2) is 29.2 Å². The van der Waals surface area contributed by atoms with Crippen LogP contribution in [0.5, 0.6) is 5.75 Å². The second-order valence-electron chi connectivity index (χ2n) is 5.28. The van der Waals surface area contributed by atoms with E-state index in [1.54, 1.807) is 24.3 Å². The van der Waals surface area contributed by atoms with Gasteiger partial charge in [0.15, 0.2) is 5.13 Å². The number of nitrogens with one attached hydrogen (secondary N) is 1. The van der Waals surface area contributed by atoms with Crippen molar-refractivity contribution in [2.75, 3.05) is 17.7 Å². The lowest BCUT2D eigenvalue weighted by atomic mass is 10.2. The van der Waals surface area contributed by atoms with Crippen LogP contribution >= 0.6 is 23.1 Å². The molecule has 2 aromatic rings. The molecule has 3 N–H and O–H groups in total. The number of thiazole rings is 1. The average molecular weight is 380 g/mol. The van der Waals surface area contributed by atoms with Crippen molar-refractivity contribution in [2.24, 2.45) is 5.73 Å². The predicted molar refractivity (Wildman–Crippen MR) is 102 cm³/mol. The number of amides is 2. The highest BCUT2D eigenvalue weighted by Crippen LogP contribution is 2.20. The van der Waals surface area contributed by atoms with Gasteiger partial charge in [0.05, 0.1) is 18.1 Å². The molecular weight excluding hydrogens is 358 g/mol. The summed E-state index contributed by atoms with van der Waals surface area (Å²) in [6, 6.07) is 7.04. The van der Waals surface area contributed by atoms with Crippen LogP contribution in [0.4, 0.5) is 5.13 Å². The molecule has 8 heteroatoms. The summed E-state index contributed by atoms with van der Waals surface area (Å²) in [5.74, 6) is 1.03. The van der Waals surface area contributed by atoms with Gasteiger partial charge in [0.1, 0.15) is 5.75 Å². The number of nitrogens with two attached hydrogens (primary N) is 1. The number of primary amides is 1. The Morgan fingerprint density at radius 3 is 2.76 bits per heavy atom. The molecule has 0 aliphatic carbocycles. The molecule has 2 amide bonds. The third-order valence-electron chi connectivity index (χ3n) is 3.15. The maximum atomic E-state index is 12.2. The first-order chi connectivity index (χ1) is 12.1. The van der Waals surface area contributed by atoms with Gasteiger partial charge in [-0.2, -0.15) is 0 Å². The third kappa shape index (κ3) is 6.75. The molecule has 1 heterocycles. The molecule has 0 fully saturated rings. The second-order valence-corrected chi connectivity index (χ2v) is 7.13. The SMILES string of the molecule is CCCCOc1ccc(C(=O)Nc2nc(CSCC(N)=O)cs2)cc1. The largest absolute Gasteiger partial charge is 0.494 e. The van der Waals surface area contributed by atoms with Crippen molar-refractivity contribution >= 4 is 40.0 Å². The number of hydrogen-bond donors (Lipinski definition) is 2. The normalized spacial score (nSPS) is 10.4. The van der Waals surface area contributed by atoms with Crippen LogP contribution in [-0.2, 0) is 10.5 Å². The van der Waals surface area contributed by atoms with Gasteiger partial charge in [-0.3, -0.25) is 14.9 Å². The monoisotopic (exact) mass is 379 g/mol.